The molecule has 0 fully saturated rings. The van der Waals surface area contributed by atoms with Crippen LogP contribution in [0.25, 0.3) is 22.8 Å². The van der Waals surface area contributed by atoms with Crippen LogP contribution in [0.3, 0.4) is 0 Å². The number of ether oxygens (including phenoxy) is 2. The van der Waals surface area contributed by atoms with Gasteiger partial charge < -0.3 is 9.47 Å². The van der Waals surface area contributed by atoms with Gasteiger partial charge in [0.15, 0.2) is 17.4 Å². The highest BCUT2D eigenvalue weighted by atomic mass is 35.5. The number of hydrogen-bond donors (Lipinski definition) is 0. The molecule has 1 atom stereocenters. The zero-order chi connectivity index (χ0) is 27.6. The molecule has 6 nitrogen and oxygen atoms in total. The van der Waals surface area contributed by atoms with Gasteiger partial charge in [-0.1, -0.05) is 56.6 Å². The van der Waals surface area contributed by atoms with Crippen LogP contribution < -0.4 is 4.74 Å². The lowest BCUT2D eigenvalue weighted by Gasteiger charge is -2.29. The molecule has 198 valence electrons. The second kappa shape index (κ2) is 10.8. The molecule has 0 saturated heterocycles. The number of alkyl halides is 3. The van der Waals surface area contributed by atoms with E-state index in [1.54, 1.807) is 18.2 Å². The van der Waals surface area contributed by atoms with Crippen molar-refractivity contribution in [3.8, 4) is 28.8 Å². The number of aromatic nitrogens is 3. The maximum Gasteiger partial charge on any atom is 0.424 e. The summed E-state index contributed by atoms with van der Waals surface area (Å²) in [5, 5.41) is 0.328. The molecule has 0 spiro atoms. The van der Waals surface area contributed by atoms with E-state index >= 15 is 0 Å². The molecule has 0 aliphatic carbocycles. The summed E-state index contributed by atoms with van der Waals surface area (Å²) < 4.78 is 49.9. The minimum Gasteiger partial charge on any atom is -0.467 e. The number of halogens is 4. The zero-order valence-electron chi connectivity index (χ0n) is 21.5. The van der Waals surface area contributed by atoms with Crippen LogP contribution in [0.2, 0.25) is 5.02 Å². The normalized spacial score (nSPS) is 13.8. The highest BCUT2D eigenvalue weighted by Crippen LogP contribution is 2.35. The summed E-state index contributed by atoms with van der Waals surface area (Å²) in [5.74, 6) is -0.453. The average Bonchev–Trinajstić information content (AvgIpc) is 2.86. The van der Waals surface area contributed by atoms with E-state index in [1.165, 1.54) is 7.11 Å². The topological polar surface area (TPSA) is 74.2 Å². The summed E-state index contributed by atoms with van der Waals surface area (Å²) in [6.45, 7) is 7.04. The van der Waals surface area contributed by atoms with E-state index in [0.717, 1.165) is 25.2 Å². The molecule has 0 radical (unpaired) electrons. The van der Waals surface area contributed by atoms with E-state index in [0.29, 0.717) is 22.0 Å². The van der Waals surface area contributed by atoms with Crippen LogP contribution in [-0.4, -0.2) is 46.7 Å². The number of carbonyl (C=O) groups is 1. The van der Waals surface area contributed by atoms with Crippen molar-refractivity contribution in [2.24, 2.45) is 0 Å². The quantitative estimate of drug-likeness (QED) is 0.322. The molecule has 1 heterocycles. The Labute approximate surface area is 219 Å². The molecular weight excluding hydrogens is 507 g/mol. The first-order valence-electron chi connectivity index (χ1n) is 11.5. The third-order valence-corrected chi connectivity index (χ3v) is 6.51. The molecule has 10 heteroatoms. The summed E-state index contributed by atoms with van der Waals surface area (Å²) in [7, 11) is 2.31. The Morgan fingerprint density at radius 2 is 1.62 bits per heavy atom. The van der Waals surface area contributed by atoms with Gasteiger partial charge in [0.05, 0.1) is 12.1 Å². The van der Waals surface area contributed by atoms with Crippen LogP contribution in [0.5, 0.6) is 6.01 Å². The monoisotopic (exact) mass is 535 g/mol. The van der Waals surface area contributed by atoms with E-state index in [1.807, 2.05) is 24.3 Å². The predicted molar refractivity (Wildman–Crippen MR) is 136 cm³/mol. The number of nitrogens with zero attached hydrogens (tertiary/aromatic N) is 3. The number of methoxy groups -OCH3 is 2. The first-order chi connectivity index (χ1) is 17.2. The number of carbonyl (C=O) groups excluding carboxylic acids is 1. The molecule has 0 N–H and O–H groups in total. The van der Waals surface area contributed by atoms with Crippen LogP contribution in [-0.2, 0) is 21.4 Å². The Morgan fingerprint density at radius 3 is 2.22 bits per heavy atom. The first-order valence-corrected chi connectivity index (χ1v) is 11.9. The molecule has 0 aliphatic heterocycles. The largest absolute Gasteiger partial charge is 0.467 e. The third-order valence-electron chi connectivity index (χ3n) is 6.18. The van der Waals surface area contributed by atoms with Gasteiger partial charge in [-0.2, -0.15) is 23.1 Å². The van der Waals surface area contributed by atoms with E-state index in [4.69, 9.17) is 16.3 Å². The standard InChI is InChI=1S/C27H29ClF3N3O3/c1-25(2,3)18-9-7-8-17(15-18)22-32-23(34-24(33-22)36-5)19-14-16(10-12-20(19)28)11-13-21(35)26(4,37-6)27(29,30)31/h7-10,12,14-15H,11,13H2,1-6H3/t26-/m1/s1. The van der Waals surface area contributed by atoms with Crippen molar-refractivity contribution in [1.29, 1.82) is 0 Å². The molecule has 0 saturated carbocycles. The molecule has 3 aromatic rings. The second-order valence-electron chi connectivity index (χ2n) is 9.77. The summed E-state index contributed by atoms with van der Waals surface area (Å²) in [4.78, 5) is 25.7. The van der Waals surface area contributed by atoms with Gasteiger partial charge in [-0.15, -0.1) is 0 Å². The molecular formula is C27H29ClF3N3O3. The molecule has 0 amide bonds. The average molecular weight is 536 g/mol. The highest BCUT2D eigenvalue weighted by Gasteiger charge is 2.56. The third kappa shape index (κ3) is 6.27. The number of hydrogen-bond acceptors (Lipinski definition) is 6. The fourth-order valence-corrected chi connectivity index (χ4v) is 3.81. The van der Waals surface area contributed by atoms with Crippen molar-refractivity contribution in [1.82, 2.24) is 15.0 Å². The molecule has 37 heavy (non-hydrogen) atoms. The smallest absolute Gasteiger partial charge is 0.424 e. The van der Waals surface area contributed by atoms with Crippen LogP contribution in [0.1, 0.15) is 45.2 Å². The van der Waals surface area contributed by atoms with Crippen LogP contribution in [0.15, 0.2) is 42.5 Å². The Bertz CT molecular complexity index is 1290. The van der Waals surface area contributed by atoms with Crippen molar-refractivity contribution >= 4 is 17.4 Å². The fourth-order valence-electron chi connectivity index (χ4n) is 3.61. The van der Waals surface area contributed by atoms with Gasteiger partial charge in [0.25, 0.3) is 0 Å². The van der Waals surface area contributed by atoms with Gasteiger partial charge in [0.1, 0.15) is 0 Å². The van der Waals surface area contributed by atoms with E-state index in [9.17, 15) is 18.0 Å². The maximum absolute atomic E-state index is 13.4. The van der Waals surface area contributed by atoms with Gasteiger partial charge in [-0.3, -0.25) is 4.79 Å². The summed E-state index contributed by atoms with van der Waals surface area (Å²) >= 11 is 6.45. The van der Waals surface area contributed by atoms with Crippen LogP contribution >= 0.6 is 11.6 Å². The van der Waals surface area contributed by atoms with Crippen molar-refractivity contribution < 1.29 is 27.4 Å². The SMILES string of the molecule is COc1nc(-c2cccc(C(C)(C)C)c2)nc(-c2cc(CCC(=O)[C@@](C)(OC)C(F)(F)F)ccc2Cl)n1. The van der Waals surface area contributed by atoms with Crippen molar-refractivity contribution in [3.05, 3.63) is 58.6 Å². The number of rotatable bonds is 8. The lowest BCUT2D eigenvalue weighted by atomic mass is 9.86. The van der Waals surface area contributed by atoms with Gasteiger partial charge >= 0.3 is 12.2 Å². The molecule has 3 rings (SSSR count). The number of ketones is 1. The van der Waals surface area contributed by atoms with Crippen LogP contribution in [0, 0.1) is 0 Å². The highest BCUT2D eigenvalue weighted by molar-refractivity contribution is 6.33. The molecule has 0 unspecified atom stereocenters. The first kappa shape index (κ1) is 28.5. The van der Waals surface area contributed by atoms with Crippen molar-refractivity contribution in [2.75, 3.05) is 14.2 Å². The Balaban J connectivity index is 1.97. The number of aryl methyl sites for hydroxylation is 1. The van der Waals surface area contributed by atoms with Gasteiger partial charge in [-0.05, 0) is 48.1 Å². The molecule has 1 aromatic heterocycles. The van der Waals surface area contributed by atoms with Gasteiger partial charge in [0.2, 0.25) is 5.60 Å². The van der Waals surface area contributed by atoms with Crippen LogP contribution in [0.4, 0.5) is 13.2 Å². The lowest BCUT2D eigenvalue weighted by molar-refractivity contribution is -0.252. The zero-order valence-corrected chi connectivity index (χ0v) is 22.3. The molecule has 0 bridgehead atoms. The van der Waals surface area contributed by atoms with E-state index < -0.39 is 17.6 Å². The summed E-state index contributed by atoms with van der Waals surface area (Å²) in [5.41, 5.74) is -0.0817. The summed E-state index contributed by atoms with van der Waals surface area (Å²) in [6, 6.07) is 12.8. The fraction of sp³-hybridized carbons (Fsp3) is 0.407. The van der Waals surface area contributed by atoms with Gasteiger partial charge in [-0.25, -0.2) is 4.98 Å². The predicted octanol–water partition coefficient (Wildman–Crippen LogP) is 6.63. The Morgan fingerprint density at radius 1 is 0.946 bits per heavy atom. The Kier molecular flexibility index (Phi) is 8.29. The molecule has 0 aliphatic rings. The Hall–Kier alpha value is -3.04. The van der Waals surface area contributed by atoms with Crippen molar-refractivity contribution in [3.63, 3.8) is 0 Å². The lowest BCUT2D eigenvalue weighted by Crippen LogP contribution is -2.51. The van der Waals surface area contributed by atoms with Gasteiger partial charge in [0, 0.05) is 24.7 Å². The number of benzene rings is 2. The van der Waals surface area contributed by atoms with Crippen molar-refractivity contribution in [2.45, 2.75) is 57.7 Å². The number of Topliss-reactive ketones (excluding diaryl/α,β-unsaturated/α-hetero) is 1. The molecule has 2 aromatic carbocycles. The van der Waals surface area contributed by atoms with E-state index in [2.05, 4.69) is 40.5 Å². The minimum absolute atomic E-state index is 0.0424. The van der Waals surface area contributed by atoms with E-state index in [-0.39, 0.29) is 30.1 Å². The summed E-state index contributed by atoms with van der Waals surface area (Å²) in [6.07, 6.45) is -5.16. The minimum atomic E-state index is -4.83. The maximum atomic E-state index is 13.4. The second-order valence-corrected chi connectivity index (χ2v) is 10.2.